The van der Waals surface area contributed by atoms with E-state index >= 15 is 0 Å². The molecule has 2 amide bonds. The number of nitrogens with one attached hydrogen (secondary N) is 2. The van der Waals surface area contributed by atoms with E-state index in [0.717, 1.165) is 8.95 Å². The van der Waals surface area contributed by atoms with Crippen molar-refractivity contribution in [1.82, 2.24) is 0 Å². The maximum absolute atomic E-state index is 12.5. The molecule has 0 aliphatic carbocycles. The van der Waals surface area contributed by atoms with Crippen LogP contribution in [0.25, 0.3) is 0 Å². The lowest BCUT2D eigenvalue weighted by Gasteiger charge is -2.10. The SMILES string of the molecule is O=C(Nc1ccccc1Br)c1cccc(C(=O)Nc2ccccc2Br)c1. The Bertz CT molecular complexity index is 899. The molecule has 0 aliphatic heterocycles. The van der Waals surface area contributed by atoms with Crippen LogP contribution >= 0.6 is 31.9 Å². The Hall–Kier alpha value is -2.44. The molecule has 26 heavy (non-hydrogen) atoms. The summed E-state index contributed by atoms with van der Waals surface area (Å²) in [5.41, 5.74) is 2.14. The number of hydrogen-bond acceptors (Lipinski definition) is 2. The van der Waals surface area contributed by atoms with Crippen molar-refractivity contribution < 1.29 is 9.59 Å². The van der Waals surface area contributed by atoms with Crippen molar-refractivity contribution in [1.29, 1.82) is 0 Å². The minimum absolute atomic E-state index is 0.285. The van der Waals surface area contributed by atoms with Gasteiger partial charge in [0.1, 0.15) is 0 Å². The van der Waals surface area contributed by atoms with Gasteiger partial charge in [-0.05, 0) is 74.3 Å². The zero-order valence-electron chi connectivity index (χ0n) is 13.5. The lowest BCUT2D eigenvalue weighted by molar-refractivity contribution is 0.102. The second kappa shape index (κ2) is 8.29. The zero-order chi connectivity index (χ0) is 18.5. The molecule has 0 atom stereocenters. The van der Waals surface area contributed by atoms with Gasteiger partial charge >= 0.3 is 0 Å². The number of halogens is 2. The van der Waals surface area contributed by atoms with E-state index in [4.69, 9.17) is 0 Å². The summed E-state index contributed by atoms with van der Waals surface area (Å²) in [5.74, 6) is -0.570. The van der Waals surface area contributed by atoms with Crippen molar-refractivity contribution >= 4 is 55.0 Å². The summed E-state index contributed by atoms with van der Waals surface area (Å²) < 4.78 is 1.58. The van der Waals surface area contributed by atoms with Gasteiger partial charge in [0.2, 0.25) is 0 Å². The van der Waals surface area contributed by atoms with E-state index in [9.17, 15) is 9.59 Å². The van der Waals surface area contributed by atoms with Crippen LogP contribution in [0.3, 0.4) is 0 Å². The smallest absolute Gasteiger partial charge is 0.255 e. The van der Waals surface area contributed by atoms with Crippen LogP contribution < -0.4 is 10.6 Å². The Morgan fingerprint density at radius 3 is 1.46 bits per heavy atom. The highest BCUT2D eigenvalue weighted by Crippen LogP contribution is 2.23. The predicted octanol–water partition coefficient (Wildman–Crippen LogP) is 5.72. The van der Waals surface area contributed by atoms with Gasteiger partial charge in [-0.15, -0.1) is 0 Å². The lowest BCUT2D eigenvalue weighted by Crippen LogP contribution is -2.16. The molecule has 2 N–H and O–H groups in total. The average molecular weight is 474 g/mol. The largest absolute Gasteiger partial charge is 0.321 e. The van der Waals surface area contributed by atoms with E-state index in [-0.39, 0.29) is 11.8 Å². The molecular formula is C20H14Br2N2O2. The molecule has 3 aromatic rings. The number of para-hydroxylation sites is 2. The van der Waals surface area contributed by atoms with E-state index in [0.29, 0.717) is 22.5 Å². The van der Waals surface area contributed by atoms with Gasteiger partial charge in [0, 0.05) is 20.1 Å². The molecule has 130 valence electrons. The van der Waals surface area contributed by atoms with E-state index in [2.05, 4.69) is 42.5 Å². The Balaban J connectivity index is 1.77. The minimum atomic E-state index is -0.285. The fourth-order valence-electron chi connectivity index (χ4n) is 2.32. The molecule has 0 radical (unpaired) electrons. The number of carbonyl (C=O) groups is 2. The number of rotatable bonds is 4. The molecule has 4 nitrogen and oxygen atoms in total. The Kier molecular flexibility index (Phi) is 5.85. The second-order valence-corrected chi connectivity index (χ2v) is 7.16. The van der Waals surface area contributed by atoms with Crippen LogP contribution in [0.4, 0.5) is 11.4 Å². The molecular weight excluding hydrogens is 460 g/mol. The third-order valence-corrected chi connectivity index (χ3v) is 5.01. The van der Waals surface area contributed by atoms with Gasteiger partial charge in [-0.25, -0.2) is 0 Å². The van der Waals surface area contributed by atoms with Crippen molar-refractivity contribution in [2.24, 2.45) is 0 Å². The molecule has 0 saturated heterocycles. The molecule has 0 bridgehead atoms. The maximum Gasteiger partial charge on any atom is 0.255 e. The summed E-state index contributed by atoms with van der Waals surface area (Å²) in [6.45, 7) is 0. The quantitative estimate of drug-likeness (QED) is 0.509. The van der Waals surface area contributed by atoms with E-state index in [1.165, 1.54) is 0 Å². The van der Waals surface area contributed by atoms with Gasteiger partial charge in [-0.1, -0.05) is 30.3 Å². The maximum atomic E-state index is 12.5. The van der Waals surface area contributed by atoms with Gasteiger partial charge in [-0.2, -0.15) is 0 Å². The van der Waals surface area contributed by atoms with Crippen LogP contribution in [0.15, 0.2) is 81.7 Å². The highest BCUT2D eigenvalue weighted by atomic mass is 79.9. The minimum Gasteiger partial charge on any atom is -0.321 e. The molecule has 0 heterocycles. The summed E-state index contributed by atoms with van der Waals surface area (Å²) in [6.07, 6.45) is 0. The fraction of sp³-hybridized carbons (Fsp3) is 0. The first-order valence-corrected chi connectivity index (χ1v) is 9.35. The van der Waals surface area contributed by atoms with Gasteiger partial charge < -0.3 is 10.6 Å². The normalized spacial score (nSPS) is 10.2. The first-order chi connectivity index (χ1) is 12.5. The summed E-state index contributed by atoms with van der Waals surface area (Å²) in [5, 5.41) is 5.65. The van der Waals surface area contributed by atoms with Gasteiger partial charge in [0.05, 0.1) is 11.4 Å². The molecule has 6 heteroatoms. The molecule has 3 aromatic carbocycles. The Morgan fingerprint density at radius 1 is 0.615 bits per heavy atom. The summed E-state index contributed by atoms with van der Waals surface area (Å²) >= 11 is 6.79. The second-order valence-electron chi connectivity index (χ2n) is 5.45. The first kappa shape index (κ1) is 18.4. The van der Waals surface area contributed by atoms with E-state index in [1.54, 1.807) is 36.4 Å². The summed E-state index contributed by atoms with van der Waals surface area (Å²) in [4.78, 5) is 25.0. The average Bonchev–Trinajstić information content (AvgIpc) is 2.65. The van der Waals surface area contributed by atoms with Crippen LogP contribution in [0, 0.1) is 0 Å². The molecule has 0 spiro atoms. The van der Waals surface area contributed by atoms with Crippen LogP contribution in [-0.2, 0) is 0 Å². The molecule has 0 aromatic heterocycles. The molecule has 0 saturated carbocycles. The Morgan fingerprint density at radius 2 is 1.04 bits per heavy atom. The Labute approximate surface area is 167 Å². The predicted molar refractivity (Wildman–Crippen MR) is 111 cm³/mol. The van der Waals surface area contributed by atoms with Crippen LogP contribution in [-0.4, -0.2) is 11.8 Å². The number of carbonyl (C=O) groups excluding carboxylic acids is 2. The highest BCUT2D eigenvalue weighted by molar-refractivity contribution is 9.11. The van der Waals surface area contributed by atoms with Crippen molar-refractivity contribution in [3.05, 3.63) is 92.9 Å². The molecule has 3 rings (SSSR count). The van der Waals surface area contributed by atoms with Gasteiger partial charge in [0.15, 0.2) is 0 Å². The summed E-state index contributed by atoms with van der Waals surface area (Å²) in [6, 6.07) is 21.3. The van der Waals surface area contributed by atoms with Crippen molar-refractivity contribution in [3.8, 4) is 0 Å². The third-order valence-electron chi connectivity index (χ3n) is 3.63. The first-order valence-electron chi connectivity index (χ1n) is 7.76. The number of anilines is 2. The highest BCUT2D eigenvalue weighted by Gasteiger charge is 2.12. The third kappa shape index (κ3) is 4.39. The van der Waals surface area contributed by atoms with Gasteiger partial charge in [-0.3, -0.25) is 9.59 Å². The fourth-order valence-corrected chi connectivity index (χ4v) is 3.08. The van der Waals surface area contributed by atoms with Crippen LogP contribution in [0.2, 0.25) is 0 Å². The standard InChI is InChI=1S/C20H14Br2N2O2/c21-15-8-1-3-10-17(15)23-19(25)13-6-5-7-14(12-13)20(26)24-18-11-4-2-9-16(18)22/h1-12H,(H,23,25)(H,24,26). The number of hydrogen-bond donors (Lipinski definition) is 2. The lowest BCUT2D eigenvalue weighted by atomic mass is 10.1. The van der Waals surface area contributed by atoms with E-state index in [1.807, 2.05) is 36.4 Å². The zero-order valence-corrected chi connectivity index (χ0v) is 16.7. The van der Waals surface area contributed by atoms with Gasteiger partial charge in [0.25, 0.3) is 11.8 Å². The molecule has 0 aliphatic rings. The van der Waals surface area contributed by atoms with Crippen molar-refractivity contribution in [2.75, 3.05) is 10.6 Å². The summed E-state index contributed by atoms with van der Waals surface area (Å²) in [7, 11) is 0. The number of amides is 2. The van der Waals surface area contributed by atoms with Crippen LogP contribution in [0.1, 0.15) is 20.7 Å². The number of benzene rings is 3. The van der Waals surface area contributed by atoms with E-state index < -0.39 is 0 Å². The monoisotopic (exact) mass is 472 g/mol. The van der Waals surface area contributed by atoms with Crippen molar-refractivity contribution in [2.45, 2.75) is 0 Å². The van der Waals surface area contributed by atoms with Crippen molar-refractivity contribution in [3.63, 3.8) is 0 Å². The molecule has 0 fully saturated rings. The topological polar surface area (TPSA) is 58.2 Å². The molecule has 0 unspecified atom stereocenters. The van der Waals surface area contributed by atoms with Crippen LogP contribution in [0.5, 0.6) is 0 Å².